The van der Waals surface area contributed by atoms with Gasteiger partial charge in [-0.1, -0.05) is 0 Å². The molecule has 0 aromatic heterocycles. The minimum Gasteiger partial charge on any atom is -0.314 e. The zero-order chi connectivity index (χ0) is 13.1. The molecule has 3 aliphatic rings. The van der Waals surface area contributed by atoms with E-state index in [2.05, 4.69) is 22.0 Å². The molecule has 3 aliphatic heterocycles. The quantitative estimate of drug-likeness (QED) is 0.841. The molecule has 2 unspecified atom stereocenters. The average molecular weight is 265 g/mol. The van der Waals surface area contributed by atoms with Crippen molar-refractivity contribution in [1.82, 2.24) is 15.1 Å². The fourth-order valence-electron chi connectivity index (χ4n) is 4.27. The molecule has 0 aliphatic carbocycles. The van der Waals surface area contributed by atoms with Gasteiger partial charge in [0.2, 0.25) is 0 Å². The highest BCUT2D eigenvalue weighted by Gasteiger charge is 2.29. The number of piperidine rings is 2. The van der Waals surface area contributed by atoms with E-state index in [-0.39, 0.29) is 0 Å². The number of likely N-dealkylation sites (tertiary alicyclic amines) is 2. The third-order valence-corrected chi connectivity index (χ3v) is 5.48. The standard InChI is InChI=1S/C16H31N3/c1-14-12-16(4-7-17-14)19-10-5-15(6-11-19)13-18-8-2-3-9-18/h14-17H,2-13H2,1H3. The molecule has 0 saturated carbocycles. The van der Waals surface area contributed by atoms with Crippen molar-refractivity contribution in [2.75, 3.05) is 39.3 Å². The van der Waals surface area contributed by atoms with Gasteiger partial charge in [-0.3, -0.25) is 0 Å². The van der Waals surface area contributed by atoms with Crippen molar-refractivity contribution in [3.05, 3.63) is 0 Å². The Balaban J connectivity index is 1.41. The van der Waals surface area contributed by atoms with Crippen LogP contribution in [-0.2, 0) is 0 Å². The van der Waals surface area contributed by atoms with E-state index in [0.29, 0.717) is 0 Å². The Morgan fingerprint density at radius 3 is 2.42 bits per heavy atom. The first kappa shape index (κ1) is 13.8. The predicted molar refractivity (Wildman–Crippen MR) is 80.5 cm³/mol. The molecule has 3 heteroatoms. The monoisotopic (exact) mass is 265 g/mol. The van der Waals surface area contributed by atoms with Gasteiger partial charge in [0.1, 0.15) is 0 Å². The van der Waals surface area contributed by atoms with Crippen molar-refractivity contribution in [1.29, 1.82) is 0 Å². The van der Waals surface area contributed by atoms with Crippen molar-refractivity contribution in [3.63, 3.8) is 0 Å². The molecule has 19 heavy (non-hydrogen) atoms. The Bertz CT molecular complexity index is 267. The molecule has 0 radical (unpaired) electrons. The third-order valence-electron chi connectivity index (χ3n) is 5.48. The van der Waals surface area contributed by atoms with Crippen molar-refractivity contribution in [3.8, 4) is 0 Å². The van der Waals surface area contributed by atoms with E-state index >= 15 is 0 Å². The van der Waals surface area contributed by atoms with E-state index < -0.39 is 0 Å². The van der Waals surface area contributed by atoms with Crippen molar-refractivity contribution < 1.29 is 0 Å². The maximum atomic E-state index is 3.57. The summed E-state index contributed by atoms with van der Waals surface area (Å²) >= 11 is 0. The molecular weight excluding hydrogens is 234 g/mol. The number of nitrogens with zero attached hydrogens (tertiary/aromatic N) is 2. The number of rotatable bonds is 3. The van der Waals surface area contributed by atoms with Gasteiger partial charge in [0, 0.05) is 18.6 Å². The molecule has 110 valence electrons. The zero-order valence-electron chi connectivity index (χ0n) is 12.6. The molecule has 3 nitrogen and oxygen atoms in total. The summed E-state index contributed by atoms with van der Waals surface area (Å²) in [4.78, 5) is 5.49. The largest absolute Gasteiger partial charge is 0.314 e. The van der Waals surface area contributed by atoms with Crippen LogP contribution >= 0.6 is 0 Å². The molecule has 0 aromatic carbocycles. The zero-order valence-corrected chi connectivity index (χ0v) is 12.6. The average Bonchev–Trinajstić information content (AvgIpc) is 2.92. The van der Waals surface area contributed by atoms with Gasteiger partial charge >= 0.3 is 0 Å². The van der Waals surface area contributed by atoms with Crippen LogP contribution in [0.25, 0.3) is 0 Å². The van der Waals surface area contributed by atoms with Crippen molar-refractivity contribution in [2.45, 2.75) is 57.5 Å². The Labute approximate surface area is 118 Å². The van der Waals surface area contributed by atoms with Gasteiger partial charge in [0.05, 0.1) is 0 Å². The lowest BCUT2D eigenvalue weighted by atomic mass is 9.92. The number of nitrogens with one attached hydrogen (secondary N) is 1. The molecule has 0 bridgehead atoms. The third kappa shape index (κ3) is 3.71. The fraction of sp³-hybridized carbons (Fsp3) is 1.00. The summed E-state index contributed by atoms with van der Waals surface area (Å²) in [6.45, 7) is 10.4. The normalized spacial score (nSPS) is 35.8. The highest BCUT2D eigenvalue weighted by Crippen LogP contribution is 2.25. The van der Waals surface area contributed by atoms with E-state index in [9.17, 15) is 0 Å². The first-order chi connectivity index (χ1) is 9.31. The van der Waals surface area contributed by atoms with E-state index in [0.717, 1.165) is 18.0 Å². The molecule has 3 rings (SSSR count). The fourth-order valence-corrected chi connectivity index (χ4v) is 4.27. The van der Waals surface area contributed by atoms with E-state index in [1.54, 1.807) is 0 Å². The van der Waals surface area contributed by atoms with Gasteiger partial charge in [0.15, 0.2) is 0 Å². The minimum absolute atomic E-state index is 0.723. The first-order valence-corrected chi connectivity index (χ1v) is 8.51. The Morgan fingerprint density at radius 1 is 1.00 bits per heavy atom. The molecule has 0 amide bonds. The highest BCUT2D eigenvalue weighted by atomic mass is 15.2. The van der Waals surface area contributed by atoms with Crippen LogP contribution in [0.3, 0.4) is 0 Å². The lowest BCUT2D eigenvalue weighted by Crippen LogP contribution is -2.50. The highest BCUT2D eigenvalue weighted by molar-refractivity contribution is 4.86. The van der Waals surface area contributed by atoms with Gasteiger partial charge in [-0.2, -0.15) is 0 Å². The van der Waals surface area contributed by atoms with Crippen LogP contribution in [-0.4, -0.2) is 61.2 Å². The van der Waals surface area contributed by atoms with Crippen LogP contribution in [0.15, 0.2) is 0 Å². The predicted octanol–water partition coefficient (Wildman–Crippen LogP) is 1.93. The summed E-state index contributed by atoms with van der Waals surface area (Å²) in [5, 5.41) is 3.57. The lowest BCUT2D eigenvalue weighted by molar-refractivity contribution is 0.0904. The molecule has 0 aromatic rings. The molecule has 2 atom stereocenters. The second-order valence-electron chi connectivity index (χ2n) is 7.02. The molecule has 3 heterocycles. The van der Waals surface area contributed by atoms with Gasteiger partial charge in [-0.05, 0) is 84.1 Å². The van der Waals surface area contributed by atoms with Crippen LogP contribution in [0.1, 0.15) is 45.4 Å². The lowest BCUT2D eigenvalue weighted by Gasteiger charge is -2.41. The maximum Gasteiger partial charge on any atom is 0.0122 e. The summed E-state index contributed by atoms with van der Waals surface area (Å²) in [5.74, 6) is 0.980. The number of hydrogen-bond acceptors (Lipinski definition) is 3. The summed E-state index contributed by atoms with van der Waals surface area (Å²) in [6.07, 6.45) is 8.47. The Hall–Kier alpha value is -0.120. The van der Waals surface area contributed by atoms with Crippen LogP contribution in [0.5, 0.6) is 0 Å². The first-order valence-electron chi connectivity index (χ1n) is 8.51. The molecule has 1 N–H and O–H groups in total. The molecule has 3 saturated heterocycles. The van der Waals surface area contributed by atoms with Gasteiger partial charge in [-0.25, -0.2) is 0 Å². The number of hydrogen-bond donors (Lipinski definition) is 1. The smallest absolute Gasteiger partial charge is 0.0122 e. The molecule has 3 fully saturated rings. The van der Waals surface area contributed by atoms with Crippen LogP contribution in [0.2, 0.25) is 0 Å². The van der Waals surface area contributed by atoms with E-state index in [4.69, 9.17) is 0 Å². The van der Waals surface area contributed by atoms with E-state index in [1.165, 1.54) is 77.8 Å². The summed E-state index contributed by atoms with van der Waals surface area (Å²) in [5.41, 5.74) is 0. The van der Waals surface area contributed by atoms with Crippen molar-refractivity contribution in [2.24, 2.45) is 5.92 Å². The molecule has 0 spiro atoms. The summed E-state index contributed by atoms with van der Waals surface area (Å²) in [6, 6.07) is 1.59. The second-order valence-corrected chi connectivity index (χ2v) is 7.02. The summed E-state index contributed by atoms with van der Waals surface area (Å²) in [7, 11) is 0. The van der Waals surface area contributed by atoms with Gasteiger partial charge in [-0.15, -0.1) is 0 Å². The Morgan fingerprint density at radius 2 is 1.74 bits per heavy atom. The SMILES string of the molecule is CC1CC(N2CCC(CN3CCCC3)CC2)CCN1. The van der Waals surface area contributed by atoms with Gasteiger partial charge in [0.25, 0.3) is 0 Å². The maximum absolute atomic E-state index is 3.57. The van der Waals surface area contributed by atoms with E-state index in [1.807, 2.05) is 0 Å². The molecular formula is C16H31N3. The summed E-state index contributed by atoms with van der Waals surface area (Å²) < 4.78 is 0. The Kier molecular flexibility index (Phi) is 4.78. The van der Waals surface area contributed by atoms with Crippen molar-refractivity contribution >= 4 is 0 Å². The topological polar surface area (TPSA) is 18.5 Å². The van der Waals surface area contributed by atoms with Crippen LogP contribution in [0, 0.1) is 5.92 Å². The van der Waals surface area contributed by atoms with Gasteiger partial charge < -0.3 is 15.1 Å². The van der Waals surface area contributed by atoms with Crippen LogP contribution in [0.4, 0.5) is 0 Å². The second kappa shape index (κ2) is 6.55. The van der Waals surface area contributed by atoms with Crippen LogP contribution < -0.4 is 5.32 Å². The minimum atomic E-state index is 0.723.